The van der Waals surface area contributed by atoms with E-state index in [2.05, 4.69) is 23.6 Å². The summed E-state index contributed by atoms with van der Waals surface area (Å²) in [7, 11) is 0. The van der Waals surface area contributed by atoms with Crippen LogP contribution in [0.25, 0.3) is 0 Å². The van der Waals surface area contributed by atoms with E-state index in [1.54, 1.807) is 11.3 Å². The second-order valence-electron chi connectivity index (χ2n) is 2.27. The summed E-state index contributed by atoms with van der Waals surface area (Å²) in [4.78, 5) is 1.37. The lowest BCUT2D eigenvalue weighted by Crippen LogP contribution is -1.77. The fraction of sp³-hybridized carbons (Fsp3) is 0.333. The third-order valence-electron chi connectivity index (χ3n) is 1.36. The van der Waals surface area contributed by atoms with Gasteiger partial charge in [0.25, 0.3) is 0 Å². The number of rotatable bonds is 4. The third-order valence-corrected chi connectivity index (χ3v) is 2.26. The van der Waals surface area contributed by atoms with Crippen LogP contribution in [0.15, 0.2) is 29.7 Å². The van der Waals surface area contributed by atoms with Gasteiger partial charge in [0.1, 0.15) is 0 Å². The second-order valence-corrected chi connectivity index (χ2v) is 3.30. The number of aliphatic hydroxyl groups is 1. The summed E-state index contributed by atoms with van der Waals surface area (Å²) in [5.41, 5.74) is 0. The van der Waals surface area contributed by atoms with Crippen molar-refractivity contribution in [2.24, 2.45) is 0 Å². The van der Waals surface area contributed by atoms with Crippen molar-refractivity contribution in [2.75, 3.05) is 6.61 Å². The van der Waals surface area contributed by atoms with Crippen LogP contribution in [-0.2, 0) is 6.42 Å². The third kappa shape index (κ3) is 3.35. The minimum Gasteiger partial charge on any atom is -0.396 e. The smallest absolute Gasteiger partial charge is 0.0465 e. The molecule has 1 nitrogen and oxygen atoms in total. The Kier molecular flexibility index (Phi) is 3.94. The van der Waals surface area contributed by atoms with Crippen LogP contribution in [-0.4, -0.2) is 11.7 Å². The van der Waals surface area contributed by atoms with Gasteiger partial charge in [-0.3, -0.25) is 0 Å². The molecule has 0 aromatic carbocycles. The molecule has 1 aromatic heterocycles. The molecule has 11 heavy (non-hydrogen) atoms. The summed E-state index contributed by atoms with van der Waals surface area (Å²) in [6.45, 7) is 0.251. The maximum Gasteiger partial charge on any atom is 0.0465 e. The quantitative estimate of drug-likeness (QED) is 0.683. The maximum atomic E-state index is 8.47. The first kappa shape index (κ1) is 8.50. The molecular formula is C9H12OS. The maximum absolute atomic E-state index is 8.47. The number of aliphatic hydroxyl groups excluding tert-OH is 1. The van der Waals surface area contributed by atoms with E-state index in [9.17, 15) is 0 Å². The monoisotopic (exact) mass is 168 g/mol. The van der Waals surface area contributed by atoms with Crippen molar-refractivity contribution in [1.29, 1.82) is 0 Å². The van der Waals surface area contributed by atoms with Crippen LogP contribution in [0, 0.1) is 0 Å². The summed E-state index contributed by atoms with van der Waals surface area (Å²) in [5.74, 6) is 0. The molecule has 0 aliphatic rings. The molecule has 0 atom stereocenters. The molecule has 0 radical (unpaired) electrons. The van der Waals surface area contributed by atoms with E-state index in [1.165, 1.54) is 4.88 Å². The van der Waals surface area contributed by atoms with Crippen LogP contribution >= 0.6 is 11.3 Å². The zero-order valence-electron chi connectivity index (χ0n) is 6.36. The van der Waals surface area contributed by atoms with Crippen molar-refractivity contribution < 1.29 is 5.11 Å². The molecule has 0 bridgehead atoms. The van der Waals surface area contributed by atoms with Crippen LogP contribution in [0.3, 0.4) is 0 Å². The van der Waals surface area contributed by atoms with Gasteiger partial charge in [0.2, 0.25) is 0 Å². The molecule has 2 heteroatoms. The van der Waals surface area contributed by atoms with E-state index >= 15 is 0 Å². The molecule has 1 heterocycles. The van der Waals surface area contributed by atoms with Gasteiger partial charge in [0.05, 0.1) is 0 Å². The largest absolute Gasteiger partial charge is 0.396 e. The number of hydrogen-bond acceptors (Lipinski definition) is 2. The summed E-state index contributed by atoms with van der Waals surface area (Å²) in [6, 6.07) is 4.17. The van der Waals surface area contributed by atoms with Gasteiger partial charge in [0, 0.05) is 11.5 Å². The Morgan fingerprint density at radius 1 is 1.45 bits per heavy atom. The fourth-order valence-corrected chi connectivity index (χ4v) is 1.50. The van der Waals surface area contributed by atoms with E-state index in [4.69, 9.17) is 5.11 Å². The topological polar surface area (TPSA) is 20.2 Å². The van der Waals surface area contributed by atoms with E-state index in [-0.39, 0.29) is 6.61 Å². The molecule has 60 valence electrons. The van der Waals surface area contributed by atoms with Crippen molar-refractivity contribution in [1.82, 2.24) is 0 Å². The van der Waals surface area contributed by atoms with Crippen molar-refractivity contribution >= 4 is 11.3 Å². The number of hydrogen-bond donors (Lipinski definition) is 1. The Labute approximate surface area is 71.0 Å². The minimum absolute atomic E-state index is 0.251. The second kappa shape index (κ2) is 5.10. The van der Waals surface area contributed by atoms with E-state index in [0.29, 0.717) is 0 Å². The van der Waals surface area contributed by atoms with Gasteiger partial charge in [-0.2, -0.15) is 0 Å². The Morgan fingerprint density at radius 2 is 2.36 bits per heavy atom. The summed E-state index contributed by atoms with van der Waals surface area (Å²) < 4.78 is 0. The highest BCUT2D eigenvalue weighted by molar-refractivity contribution is 7.09. The molecule has 0 aliphatic heterocycles. The molecule has 0 aliphatic carbocycles. The van der Waals surface area contributed by atoms with E-state index in [1.807, 2.05) is 6.08 Å². The fourth-order valence-electron chi connectivity index (χ4n) is 0.821. The zero-order chi connectivity index (χ0) is 7.94. The lowest BCUT2D eigenvalue weighted by atomic mass is 10.3. The van der Waals surface area contributed by atoms with Crippen LogP contribution < -0.4 is 0 Å². The highest BCUT2D eigenvalue weighted by Crippen LogP contribution is 2.09. The molecular weight excluding hydrogens is 156 g/mol. The first-order chi connectivity index (χ1) is 5.43. The van der Waals surface area contributed by atoms with Crippen LogP contribution in [0.1, 0.15) is 11.3 Å². The predicted octanol–water partition coefficient (Wildman–Crippen LogP) is 2.23. The van der Waals surface area contributed by atoms with Gasteiger partial charge in [-0.05, 0) is 24.3 Å². The average molecular weight is 168 g/mol. The van der Waals surface area contributed by atoms with Crippen molar-refractivity contribution in [3.05, 3.63) is 34.5 Å². The lowest BCUT2D eigenvalue weighted by Gasteiger charge is -1.86. The standard InChI is InChI=1S/C9H12OS/c10-7-3-1-2-5-9-6-4-8-11-9/h1-2,4,6,8,10H,3,5,7H2/b2-1-. The van der Waals surface area contributed by atoms with Crippen molar-refractivity contribution in [3.63, 3.8) is 0 Å². The molecule has 0 unspecified atom stereocenters. The van der Waals surface area contributed by atoms with Gasteiger partial charge in [-0.15, -0.1) is 11.3 Å². The zero-order valence-corrected chi connectivity index (χ0v) is 7.18. The van der Waals surface area contributed by atoms with Gasteiger partial charge < -0.3 is 5.11 Å². The van der Waals surface area contributed by atoms with Gasteiger partial charge in [-0.25, -0.2) is 0 Å². The Morgan fingerprint density at radius 3 is 3.00 bits per heavy atom. The number of thiophene rings is 1. The Bertz CT molecular complexity index is 201. The number of allylic oxidation sites excluding steroid dienone is 1. The molecule has 1 aromatic rings. The van der Waals surface area contributed by atoms with Crippen molar-refractivity contribution in [2.45, 2.75) is 12.8 Å². The average Bonchev–Trinajstić information content (AvgIpc) is 2.50. The Balaban J connectivity index is 2.23. The normalized spacial score (nSPS) is 11.0. The molecule has 0 amide bonds. The minimum atomic E-state index is 0.251. The van der Waals surface area contributed by atoms with Gasteiger partial charge in [-0.1, -0.05) is 18.2 Å². The van der Waals surface area contributed by atoms with Gasteiger partial charge >= 0.3 is 0 Å². The highest BCUT2D eigenvalue weighted by atomic mass is 32.1. The summed E-state index contributed by atoms with van der Waals surface area (Å²) in [6.07, 6.45) is 5.88. The molecule has 1 rings (SSSR count). The first-order valence-electron chi connectivity index (χ1n) is 3.71. The SMILES string of the molecule is OCC/C=C\Cc1cccs1. The summed E-state index contributed by atoms with van der Waals surface area (Å²) >= 11 is 1.77. The van der Waals surface area contributed by atoms with E-state index in [0.717, 1.165) is 12.8 Å². The highest BCUT2D eigenvalue weighted by Gasteiger charge is 1.86. The first-order valence-corrected chi connectivity index (χ1v) is 4.59. The van der Waals surface area contributed by atoms with Crippen LogP contribution in [0.4, 0.5) is 0 Å². The molecule has 0 saturated carbocycles. The molecule has 0 spiro atoms. The van der Waals surface area contributed by atoms with Crippen LogP contribution in [0.5, 0.6) is 0 Å². The lowest BCUT2D eigenvalue weighted by molar-refractivity contribution is 0.302. The van der Waals surface area contributed by atoms with Crippen LogP contribution in [0.2, 0.25) is 0 Å². The predicted molar refractivity (Wildman–Crippen MR) is 48.9 cm³/mol. The Hall–Kier alpha value is -0.600. The molecule has 0 fully saturated rings. The summed E-state index contributed by atoms with van der Waals surface area (Å²) in [5, 5.41) is 10.6. The van der Waals surface area contributed by atoms with E-state index < -0.39 is 0 Å². The van der Waals surface area contributed by atoms with Crippen molar-refractivity contribution in [3.8, 4) is 0 Å². The molecule has 0 saturated heterocycles. The molecule has 1 N–H and O–H groups in total. The van der Waals surface area contributed by atoms with Gasteiger partial charge in [0.15, 0.2) is 0 Å².